The lowest BCUT2D eigenvalue weighted by Crippen LogP contribution is -2.42. The van der Waals surface area contributed by atoms with Gasteiger partial charge in [0.1, 0.15) is 5.01 Å². The zero-order chi connectivity index (χ0) is 14.7. The van der Waals surface area contributed by atoms with E-state index in [0.717, 1.165) is 15.2 Å². The van der Waals surface area contributed by atoms with E-state index in [1.807, 2.05) is 24.3 Å². The number of carbonyl (C=O) groups excluding carboxylic acids is 1. The fraction of sp³-hybridized carbons (Fsp3) is 0.467. The Balaban J connectivity index is 2.03. The summed E-state index contributed by atoms with van der Waals surface area (Å²) < 4.78 is 1.15. The second kappa shape index (κ2) is 6.33. The summed E-state index contributed by atoms with van der Waals surface area (Å²) in [6.45, 7) is 4.66. The molecule has 1 unspecified atom stereocenters. The van der Waals surface area contributed by atoms with Crippen LogP contribution in [-0.4, -0.2) is 28.9 Å². The van der Waals surface area contributed by atoms with Crippen LogP contribution >= 0.6 is 11.3 Å². The number of hydrogen-bond acceptors (Lipinski definition) is 4. The summed E-state index contributed by atoms with van der Waals surface area (Å²) >= 11 is 1.62. The molecule has 0 saturated carbocycles. The first-order valence-electron chi connectivity index (χ1n) is 6.82. The third kappa shape index (κ3) is 3.55. The lowest BCUT2D eigenvalue weighted by atomic mass is 10.0. The van der Waals surface area contributed by atoms with E-state index >= 15 is 0 Å². The van der Waals surface area contributed by atoms with Crippen molar-refractivity contribution in [3.63, 3.8) is 0 Å². The summed E-state index contributed by atoms with van der Waals surface area (Å²) in [5.74, 6) is 0.405. The Morgan fingerprint density at radius 2 is 2.10 bits per heavy atom. The molecule has 2 aromatic rings. The minimum Gasteiger partial charge on any atom is -0.338 e. The van der Waals surface area contributed by atoms with Gasteiger partial charge in [-0.3, -0.25) is 4.79 Å². The predicted molar refractivity (Wildman–Crippen MR) is 83.5 cm³/mol. The van der Waals surface area contributed by atoms with Crippen molar-refractivity contribution >= 4 is 27.5 Å². The first-order chi connectivity index (χ1) is 9.47. The summed E-state index contributed by atoms with van der Waals surface area (Å²) in [7, 11) is 1.79. The Morgan fingerprint density at radius 1 is 1.40 bits per heavy atom. The molecule has 0 radical (unpaired) electrons. The number of benzene rings is 1. The average Bonchev–Trinajstić information content (AvgIpc) is 2.78. The standard InChI is InChI=1S/C15H21N3OS/c1-10(2)8-11(16)15(19)18(3)9-14-17-12-6-4-5-7-13(12)20-14/h4-7,10-11H,8-9,16H2,1-3H3. The number of thiazole rings is 1. The van der Waals surface area contributed by atoms with Crippen LogP contribution in [-0.2, 0) is 11.3 Å². The number of fused-ring (bicyclic) bond motifs is 1. The van der Waals surface area contributed by atoms with Crippen LogP contribution in [0.5, 0.6) is 0 Å². The van der Waals surface area contributed by atoms with Crippen molar-refractivity contribution in [2.75, 3.05) is 7.05 Å². The van der Waals surface area contributed by atoms with E-state index in [1.165, 1.54) is 0 Å². The third-order valence-electron chi connectivity index (χ3n) is 3.13. The third-order valence-corrected chi connectivity index (χ3v) is 4.15. The monoisotopic (exact) mass is 291 g/mol. The normalized spacial score (nSPS) is 12.8. The van der Waals surface area contributed by atoms with E-state index in [1.54, 1.807) is 23.3 Å². The molecule has 4 nitrogen and oxygen atoms in total. The first kappa shape index (κ1) is 14.9. The van der Waals surface area contributed by atoms with Gasteiger partial charge in [-0.15, -0.1) is 11.3 Å². The van der Waals surface area contributed by atoms with E-state index in [4.69, 9.17) is 5.73 Å². The van der Waals surface area contributed by atoms with Gasteiger partial charge in [-0.2, -0.15) is 0 Å². The Labute approximate surface area is 123 Å². The molecule has 2 N–H and O–H groups in total. The SMILES string of the molecule is CC(C)CC(N)C(=O)N(C)Cc1nc2ccccc2s1. The van der Waals surface area contributed by atoms with Crippen molar-refractivity contribution in [1.82, 2.24) is 9.88 Å². The number of likely N-dealkylation sites (N-methyl/N-ethyl adjacent to an activating group) is 1. The van der Waals surface area contributed by atoms with Crippen molar-refractivity contribution < 1.29 is 4.79 Å². The zero-order valence-corrected chi connectivity index (χ0v) is 13.0. The highest BCUT2D eigenvalue weighted by atomic mass is 32.1. The number of aromatic nitrogens is 1. The summed E-state index contributed by atoms with van der Waals surface area (Å²) in [6, 6.07) is 7.58. The van der Waals surface area contributed by atoms with Crippen LogP contribution in [0.4, 0.5) is 0 Å². The number of amides is 1. The molecule has 2 rings (SSSR count). The Kier molecular flexibility index (Phi) is 4.73. The number of rotatable bonds is 5. The summed E-state index contributed by atoms with van der Waals surface area (Å²) in [6.07, 6.45) is 0.711. The molecule has 0 aliphatic rings. The lowest BCUT2D eigenvalue weighted by Gasteiger charge is -2.21. The molecule has 108 valence electrons. The highest BCUT2D eigenvalue weighted by Gasteiger charge is 2.20. The fourth-order valence-corrected chi connectivity index (χ4v) is 3.18. The van der Waals surface area contributed by atoms with E-state index < -0.39 is 6.04 Å². The highest BCUT2D eigenvalue weighted by molar-refractivity contribution is 7.18. The van der Waals surface area contributed by atoms with Gasteiger partial charge in [0.15, 0.2) is 0 Å². The number of nitrogens with two attached hydrogens (primary N) is 1. The molecule has 1 amide bonds. The Bertz CT molecular complexity index is 561. The second-order valence-electron chi connectivity index (χ2n) is 5.51. The minimum atomic E-state index is -0.422. The van der Waals surface area contributed by atoms with Crippen molar-refractivity contribution in [3.05, 3.63) is 29.3 Å². The fourth-order valence-electron chi connectivity index (χ4n) is 2.16. The van der Waals surface area contributed by atoms with Gasteiger partial charge < -0.3 is 10.6 Å². The van der Waals surface area contributed by atoms with E-state index in [-0.39, 0.29) is 5.91 Å². The first-order valence-corrected chi connectivity index (χ1v) is 7.64. The van der Waals surface area contributed by atoms with Crippen LogP contribution in [0.1, 0.15) is 25.3 Å². The Hall–Kier alpha value is -1.46. The van der Waals surface area contributed by atoms with Gasteiger partial charge in [0.2, 0.25) is 5.91 Å². The molecule has 0 saturated heterocycles. The maximum absolute atomic E-state index is 12.2. The van der Waals surface area contributed by atoms with E-state index in [0.29, 0.717) is 18.9 Å². The van der Waals surface area contributed by atoms with E-state index in [9.17, 15) is 4.79 Å². The van der Waals surface area contributed by atoms with E-state index in [2.05, 4.69) is 18.8 Å². The molecule has 0 aliphatic heterocycles. The van der Waals surface area contributed by atoms with Crippen molar-refractivity contribution in [2.45, 2.75) is 32.9 Å². The number of carbonyl (C=O) groups is 1. The van der Waals surface area contributed by atoms with Gasteiger partial charge in [0.05, 0.1) is 22.8 Å². The Morgan fingerprint density at radius 3 is 2.75 bits per heavy atom. The summed E-state index contributed by atoms with van der Waals surface area (Å²) in [5.41, 5.74) is 6.93. The maximum Gasteiger partial charge on any atom is 0.239 e. The van der Waals surface area contributed by atoms with Crippen molar-refractivity contribution in [1.29, 1.82) is 0 Å². The molecule has 1 atom stereocenters. The summed E-state index contributed by atoms with van der Waals surface area (Å²) in [4.78, 5) is 18.4. The number of hydrogen-bond donors (Lipinski definition) is 1. The molecule has 0 fully saturated rings. The topological polar surface area (TPSA) is 59.2 Å². The predicted octanol–water partition coefficient (Wildman–Crippen LogP) is 2.63. The molecule has 1 aromatic carbocycles. The average molecular weight is 291 g/mol. The maximum atomic E-state index is 12.2. The van der Waals surface area contributed by atoms with Crippen LogP contribution in [0.3, 0.4) is 0 Å². The zero-order valence-electron chi connectivity index (χ0n) is 12.2. The van der Waals surface area contributed by atoms with Crippen LogP contribution in [0.2, 0.25) is 0 Å². The molecule has 0 aliphatic carbocycles. The van der Waals surface area contributed by atoms with Gasteiger partial charge in [-0.05, 0) is 24.5 Å². The van der Waals surface area contributed by atoms with Gasteiger partial charge in [0.25, 0.3) is 0 Å². The van der Waals surface area contributed by atoms with Crippen molar-refractivity contribution in [2.24, 2.45) is 11.7 Å². The van der Waals surface area contributed by atoms with Crippen molar-refractivity contribution in [3.8, 4) is 0 Å². The summed E-state index contributed by atoms with van der Waals surface area (Å²) in [5, 5.41) is 0.943. The van der Waals surface area contributed by atoms with Crippen LogP contribution in [0, 0.1) is 5.92 Å². The lowest BCUT2D eigenvalue weighted by molar-refractivity contribution is -0.132. The van der Waals surface area contributed by atoms with Gasteiger partial charge >= 0.3 is 0 Å². The molecule has 0 bridgehead atoms. The number of para-hydroxylation sites is 1. The van der Waals surface area contributed by atoms with Gasteiger partial charge in [-0.25, -0.2) is 4.98 Å². The minimum absolute atomic E-state index is 0.0158. The molecule has 1 aromatic heterocycles. The van der Waals surface area contributed by atoms with Gasteiger partial charge in [0, 0.05) is 7.05 Å². The molecule has 20 heavy (non-hydrogen) atoms. The molecule has 1 heterocycles. The molecular formula is C15H21N3OS. The highest BCUT2D eigenvalue weighted by Crippen LogP contribution is 2.22. The van der Waals surface area contributed by atoms with Crippen LogP contribution in [0.15, 0.2) is 24.3 Å². The largest absolute Gasteiger partial charge is 0.338 e. The number of nitrogens with zero attached hydrogens (tertiary/aromatic N) is 2. The molecule has 5 heteroatoms. The van der Waals surface area contributed by atoms with Crippen LogP contribution in [0.25, 0.3) is 10.2 Å². The van der Waals surface area contributed by atoms with Crippen LogP contribution < -0.4 is 5.73 Å². The van der Waals surface area contributed by atoms with Gasteiger partial charge in [-0.1, -0.05) is 26.0 Å². The molecule has 0 spiro atoms. The quantitative estimate of drug-likeness (QED) is 0.921. The smallest absolute Gasteiger partial charge is 0.239 e. The second-order valence-corrected chi connectivity index (χ2v) is 6.62. The molecular weight excluding hydrogens is 270 g/mol.